The van der Waals surface area contributed by atoms with E-state index < -0.39 is 27.7 Å². The molecule has 39 heavy (non-hydrogen) atoms. The molecule has 14 heteroatoms. The van der Waals surface area contributed by atoms with Crippen LogP contribution in [0.15, 0.2) is 29.2 Å². The lowest BCUT2D eigenvalue weighted by atomic mass is 10.0. The van der Waals surface area contributed by atoms with E-state index in [1.807, 2.05) is 13.8 Å². The second-order valence-electron chi connectivity index (χ2n) is 9.59. The molecule has 1 aromatic carbocycles. The van der Waals surface area contributed by atoms with Crippen molar-refractivity contribution in [1.29, 1.82) is 0 Å². The molecule has 0 bridgehead atoms. The summed E-state index contributed by atoms with van der Waals surface area (Å²) in [5, 5.41) is 3.03. The van der Waals surface area contributed by atoms with Crippen molar-refractivity contribution in [3.8, 4) is 0 Å². The standard InChI is InChI=1S/C25H31N5O7S2/c1-14-11-30(12-15(2)37-14)39(35,36)19-7-5-18(6-8-19)23(33)26-25-22(24(34)28-27-16(3)31)20-9-10-29(17(4)32)13-21(20)38-25/h5-8,14-15H,9-13H2,1-4H3,(H,26,33)(H,27,31)(H,28,34). The van der Waals surface area contributed by atoms with Gasteiger partial charge in [-0.25, -0.2) is 8.42 Å². The molecule has 1 fully saturated rings. The van der Waals surface area contributed by atoms with Crippen molar-refractivity contribution in [3.05, 3.63) is 45.8 Å². The highest BCUT2D eigenvalue weighted by molar-refractivity contribution is 7.89. The molecule has 4 rings (SSSR count). The van der Waals surface area contributed by atoms with Crippen LogP contribution in [0.4, 0.5) is 5.00 Å². The summed E-state index contributed by atoms with van der Waals surface area (Å²) < 4.78 is 33.3. The van der Waals surface area contributed by atoms with Gasteiger partial charge < -0.3 is 15.0 Å². The number of thiophene rings is 1. The number of sulfonamides is 1. The minimum atomic E-state index is -3.77. The Bertz CT molecular complexity index is 1390. The summed E-state index contributed by atoms with van der Waals surface area (Å²) in [7, 11) is -3.77. The zero-order valence-electron chi connectivity index (χ0n) is 22.1. The van der Waals surface area contributed by atoms with E-state index in [1.165, 1.54) is 53.8 Å². The number of hydrogen-bond donors (Lipinski definition) is 3. The first kappa shape index (κ1) is 28.7. The van der Waals surface area contributed by atoms with Gasteiger partial charge in [-0.3, -0.25) is 30.0 Å². The van der Waals surface area contributed by atoms with Crippen LogP contribution < -0.4 is 16.2 Å². The second-order valence-corrected chi connectivity index (χ2v) is 12.6. The highest BCUT2D eigenvalue weighted by Gasteiger charge is 2.33. The number of morpholine rings is 1. The van der Waals surface area contributed by atoms with E-state index in [2.05, 4.69) is 16.2 Å². The Morgan fingerprint density at radius 2 is 1.62 bits per heavy atom. The van der Waals surface area contributed by atoms with E-state index in [0.717, 1.165) is 4.88 Å². The molecular formula is C25H31N5O7S2. The van der Waals surface area contributed by atoms with E-state index >= 15 is 0 Å². The van der Waals surface area contributed by atoms with Crippen LogP contribution in [0.5, 0.6) is 0 Å². The SMILES string of the molecule is CC(=O)NNC(=O)c1c(NC(=O)c2ccc(S(=O)(=O)N3CC(C)OC(C)C3)cc2)sc2c1CCN(C(C)=O)C2. The quantitative estimate of drug-likeness (QED) is 0.455. The van der Waals surface area contributed by atoms with Crippen LogP contribution in [0.2, 0.25) is 0 Å². The molecule has 2 aliphatic rings. The maximum absolute atomic E-state index is 13.1. The topological polar surface area (TPSA) is 154 Å². The normalized spacial score (nSPS) is 19.6. The zero-order valence-corrected chi connectivity index (χ0v) is 23.7. The van der Waals surface area contributed by atoms with Crippen molar-refractivity contribution in [3.63, 3.8) is 0 Å². The number of carbonyl (C=O) groups excluding carboxylic acids is 4. The lowest BCUT2D eigenvalue weighted by Gasteiger charge is -2.34. The molecule has 2 aliphatic heterocycles. The van der Waals surface area contributed by atoms with Crippen molar-refractivity contribution >= 4 is 50.0 Å². The first-order valence-electron chi connectivity index (χ1n) is 12.4. The summed E-state index contributed by atoms with van der Waals surface area (Å²) in [4.78, 5) is 51.8. The zero-order chi connectivity index (χ0) is 28.5. The molecule has 3 heterocycles. The van der Waals surface area contributed by atoms with Gasteiger partial charge in [0.15, 0.2) is 0 Å². The van der Waals surface area contributed by atoms with Crippen molar-refractivity contribution < 1.29 is 32.3 Å². The van der Waals surface area contributed by atoms with Crippen molar-refractivity contribution in [2.75, 3.05) is 25.0 Å². The number of rotatable bonds is 5. The highest BCUT2D eigenvalue weighted by atomic mass is 32.2. The van der Waals surface area contributed by atoms with E-state index in [0.29, 0.717) is 25.1 Å². The van der Waals surface area contributed by atoms with Gasteiger partial charge in [0.2, 0.25) is 21.8 Å². The Balaban J connectivity index is 1.56. The molecule has 1 saturated heterocycles. The molecule has 12 nitrogen and oxygen atoms in total. The smallest absolute Gasteiger partial charge is 0.272 e. The van der Waals surface area contributed by atoms with Crippen molar-refractivity contribution in [1.82, 2.24) is 20.1 Å². The predicted octanol–water partition coefficient (Wildman–Crippen LogP) is 1.48. The summed E-state index contributed by atoms with van der Waals surface area (Å²) in [6.45, 7) is 7.55. The van der Waals surface area contributed by atoms with Crippen molar-refractivity contribution in [2.45, 2.75) is 57.8 Å². The van der Waals surface area contributed by atoms with Gasteiger partial charge in [-0.15, -0.1) is 11.3 Å². The van der Waals surface area contributed by atoms with Crippen LogP contribution in [-0.2, 0) is 37.3 Å². The number of amides is 4. The summed E-state index contributed by atoms with van der Waals surface area (Å²) in [6, 6.07) is 5.59. The molecule has 3 N–H and O–H groups in total. The summed E-state index contributed by atoms with van der Waals surface area (Å²) in [5.41, 5.74) is 5.71. The molecular weight excluding hydrogens is 546 g/mol. The number of hydrazine groups is 1. The number of fused-ring (bicyclic) bond motifs is 1. The second kappa shape index (κ2) is 11.4. The number of nitrogens with zero attached hydrogens (tertiary/aromatic N) is 2. The minimum absolute atomic E-state index is 0.0617. The molecule has 2 atom stereocenters. The lowest BCUT2D eigenvalue weighted by Crippen LogP contribution is -2.48. The third-order valence-electron chi connectivity index (χ3n) is 6.45. The molecule has 210 valence electrons. The minimum Gasteiger partial charge on any atom is -0.373 e. The Kier molecular flexibility index (Phi) is 8.39. The highest BCUT2D eigenvalue weighted by Crippen LogP contribution is 2.37. The molecule has 0 aliphatic carbocycles. The summed E-state index contributed by atoms with van der Waals surface area (Å²) in [6.07, 6.45) is -0.0513. The molecule has 1 aromatic heterocycles. The Morgan fingerprint density at radius 1 is 0.974 bits per heavy atom. The number of nitrogens with one attached hydrogen (secondary N) is 3. The van der Waals surface area contributed by atoms with Gasteiger partial charge in [-0.2, -0.15) is 4.31 Å². The van der Waals surface area contributed by atoms with Crippen LogP contribution in [0.25, 0.3) is 0 Å². The maximum atomic E-state index is 13.1. The molecule has 2 unspecified atom stereocenters. The van der Waals surface area contributed by atoms with E-state index in [1.54, 1.807) is 4.90 Å². The molecule has 0 saturated carbocycles. The largest absolute Gasteiger partial charge is 0.373 e. The van der Waals surface area contributed by atoms with Gasteiger partial charge in [0.05, 0.1) is 29.2 Å². The Labute approximate surface area is 230 Å². The van der Waals surface area contributed by atoms with Crippen LogP contribution in [0.1, 0.15) is 58.9 Å². The van der Waals surface area contributed by atoms with E-state index in [-0.39, 0.29) is 52.2 Å². The van der Waals surface area contributed by atoms with Gasteiger partial charge in [0.1, 0.15) is 5.00 Å². The molecule has 2 aromatic rings. The summed E-state index contributed by atoms with van der Waals surface area (Å²) in [5.74, 6) is -1.69. The number of benzene rings is 1. The molecule has 0 radical (unpaired) electrons. The fourth-order valence-corrected chi connectivity index (χ4v) is 7.48. The predicted molar refractivity (Wildman–Crippen MR) is 144 cm³/mol. The van der Waals surface area contributed by atoms with Gasteiger partial charge in [-0.1, -0.05) is 0 Å². The third kappa shape index (κ3) is 6.30. The molecule has 4 amide bonds. The number of carbonyl (C=O) groups is 4. The van der Waals surface area contributed by atoms with Gasteiger partial charge in [0.25, 0.3) is 11.8 Å². The van der Waals surface area contributed by atoms with Crippen LogP contribution in [0, 0.1) is 0 Å². The number of anilines is 1. The van der Waals surface area contributed by atoms with E-state index in [9.17, 15) is 27.6 Å². The van der Waals surface area contributed by atoms with Gasteiger partial charge >= 0.3 is 0 Å². The fraction of sp³-hybridized carbons (Fsp3) is 0.440. The first-order chi connectivity index (χ1) is 18.4. The van der Waals surface area contributed by atoms with E-state index in [4.69, 9.17) is 4.74 Å². The number of ether oxygens (including phenoxy) is 1. The average Bonchev–Trinajstić information content (AvgIpc) is 3.23. The first-order valence-corrected chi connectivity index (χ1v) is 14.7. The Hall–Kier alpha value is -3.33. The van der Waals surface area contributed by atoms with Crippen LogP contribution in [0.3, 0.4) is 0 Å². The molecule has 0 spiro atoms. The monoisotopic (exact) mass is 577 g/mol. The lowest BCUT2D eigenvalue weighted by molar-refractivity contribution is -0.129. The van der Waals surface area contributed by atoms with Crippen LogP contribution in [-0.4, -0.2) is 73.1 Å². The van der Waals surface area contributed by atoms with Gasteiger partial charge in [-0.05, 0) is 50.1 Å². The third-order valence-corrected chi connectivity index (χ3v) is 9.43. The fourth-order valence-electron chi connectivity index (χ4n) is 4.64. The Morgan fingerprint density at radius 3 is 2.21 bits per heavy atom. The van der Waals surface area contributed by atoms with Gasteiger partial charge in [0, 0.05) is 43.9 Å². The number of hydrogen-bond acceptors (Lipinski definition) is 8. The van der Waals surface area contributed by atoms with Crippen molar-refractivity contribution in [2.24, 2.45) is 0 Å². The maximum Gasteiger partial charge on any atom is 0.272 e. The van der Waals surface area contributed by atoms with Crippen LogP contribution >= 0.6 is 11.3 Å². The average molecular weight is 578 g/mol. The summed E-state index contributed by atoms with van der Waals surface area (Å²) >= 11 is 1.18.